The number of aliphatic hydroxyl groups excluding tert-OH is 1. The van der Waals surface area contributed by atoms with Crippen LogP contribution in [0, 0.1) is 0 Å². The van der Waals surface area contributed by atoms with Crippen molar-refractivity contribution in [3.63, 3.8) is 0 Å². The Kier molecular flexibility index (Phi) is 6.33. The Morgan fingerprint density at radius 3 is 2.23 bits per heavy atom. The van der Waals surface area contributed by atoms with Gasteiger partial charge in [-0.05, 0) is 17.7 Å². The molecule has 0 aliphatic heterocycles. The summed E-state index contributed by atoms with van der Waals surface area (Å²) in [6.45, 7) is 0.594. The summed E-state index contributed by atoms with van der Waals surface area (Å²) in [6, 6.07) is 7.84. The molecular formula is C9H13BrClNO. The van der Waals surface area contributed by atoms with Crippen LogP contribution in [0.15, 0.2) is 28.7 Å². The molecule has 0 amide bonds. The molecule has 0 aliphatic rings. The number of halogens is 2. The molecule has 0 aliphatic carbocycles. The fourth-order valence-electron chi connectivity index (χ4n) is 1.05. The third-order valence-electron chi connectivity index (χ3n) is 1.85. The fraction of sp³-hybridized carbons (Fsp3) is 0.333. The van der Waals surface area contributed by atoms with Gasteiger partial charge in [0.05, 0.1) is 6.61 Å². The van der Waals surface area contributed by atoms with E-state index in [9.17, 15) is 0 Å². The Hall–Kier alpha value is -0.0900. The molecule has 0 saturated heterocycles. The van der Waals surface area contributed by atoms with Crippen LogP contribution >= 0.6 is 28.3 Å². The van der Waals surface area contributed by atoms with Gasteiger partial charge in [0.15, 0.2) is 0 Å². The van der Waals surface area contributed by atoms with E-state index in [1.165, 1.54) is 0 Å². The molecule has 0 bridgehead atoms. The molecule has 1 aromatic carbocycles. The SMILES string of the molecule is Cl.NC[C@@H](CO)c1ccc(Br)cc1. The highest BCUT2D eigenvalue weighted by Gasteiger charge is 2.06. The Bertz CT molecular complexity index is 236. The van der Waals surface area contributed by atoms with E-state index in [2.05, 4.69) is 15.9 Å². The van der Waals surface area contributed by atoms with Crippen LogP contribution in [-0.2, 0) is 0 Å². The molecule has 0 saturated carbocycles. The van der Waals surface area contributed by atoms with E-state index in [0.29, 0.717) is 6.54 Å². The van der Waals surface area contributed by atoms with Crippen molar-refractivity contribution in [3.05, 3.63) is 34.3 Å². The van der Waals surface area contributed by atoms with Gasteiger partial charge in [-0.25, -0.2) is 0 Å². The molecule has 1 aromatic rings. The van der Waals surface area contributed by atoms with Gasteiger partial charge in [0, 0.05) is 16.9 Å². The average Bonchev–Trinajstić information content (AvgIpc) is 2.10. The van der Waals surface area contributed by atoms with Crippen LogP contribution in [-0.4, -0.2) is 18.3 Å². The largest absolute Gasteiger partial charge is 0.396 e. The maximum absolute atomic E-state index is 8.96. The molecule has 3 N–H and O–H groups in total. The summed E-state index contributed by atoms with van der Waals surface area (Å²) in [5.41, 5.74) is 6.57. The number of benzene rings is 1. The zero-order valence-electron chi connectivity index (χ0n) is 7.11. The standard InChI is InChI=1S/C9H12BrNO.ClH/c10-9-3-1-7(2-4-9)8(5-11)6-12;/h1-4,8,12H,5-6,11H2;1H/t8-;/m0./s1. The zero-order valence-corrected chi connectivity index (χ0v) is 9.51. The number of hydrogen-bond acceptors (Lipinski definition) is 2. The Morgan fingerprint density at radius 2 is 1.85 bits per heavy atom. The predicted octanol–water partition coefficient (Wildman–Crippen LogP) is 1.91. The summed E-state index contributed by atoms with van der Waals surface area (Å²) in [6.07, 6.45) is 0. The second-order valence-corrected chi connectivity index (χ2v) is 3.58. The molecule has 0 heterocycles. The minimum Gasteiger partial charge on any atom is -0.396 e. The predicted molar refractivity (Wildman–Crippen MR) is 60.3 cm³/mol. The fourth-order valence-corrected chi connectivity index (χ4v) is 1.32. The Balaban J connectivity index is 0.00000144. The third kappa shape index (κ3) is 3.65. The molecule has 0 fully saturated rings. The van der Waals surface area contributed by atoms with Crippen molar-refractivity contribution in [2.24, 2.45) is 5.73 Å². The van der Waals surface area contributed by atoms with Gasteiger partial charge in [0.1, 0.15) is 0 Å². The number of rotatable bonds is 3. The minimum atomic E-state index is 0. The molecular weight excluding hydrogens is 253 g/mol. The molecule has 13 heavy (non-hydrogen) atoms. The van der Waals surface area contributed by atoms with E-state index in [-0.39, 0.29) is 24.9 Å². The lowest BCUT2D eigenvalue weighted by Crippen LogP contribution is -2.15. The molecule has 0 unspecified atom stereocenters. The second kappa shape index (κ2) is 6.38. The first-order valence-electron chi connectivity index (χ1n) is 3.84. The van der Waals surface area contributed by atoms with E-state index in [0.717, 1.165) is 10.0 Å². The number of hydrogen-bond donors (Lipinski definition) is 2. The van der Waals surface area contributed by atoms with Gasteiger partial charge in [0.25, 0.3) is 0 Å². The molecule has 1 rings (SSSR count). The summed E-state index contributed by atoms with van der Waals surface area (Å²) in [5.74, 6) is 0.0677. The Labute approximate surface area is 92.7 Å². The van der Waals surface area contributed by atoms with Gasteiger partial charge in [-0.2, -0.15) is 0 Å². The van der Waals surface area contributed by atoms with Gasteiger partial charge in [-0.15, -0.1) is 12.4 Å². The average molecular weight is 267 g/mol. The van der Waals surface area contributed by atoms with E-state index in [4.69, 9.17) is 10.8 Å². The monoisotopic (exact) mass is 265 g/mol. The first kappa shape index (κ1) is 12.9. The van der Waals surface area contributed by atoms with Crippen LogP contribution < -0.4 is 5.73 Å². The topological polar surface area (TPSA) is 46.2 Å². The van der Waals surface area contributed by atoms with Gasteiger partial charge in [-0.1, -0.05) is 28.1 Å². The van der Waals surface area contributed by atoms with Crippen molar-refractivity contribution in [1.29, 1.82) is 0 Å². The van der Waals surface area contributed by atoms with Crippen molar-refractivity contribution in [3.8, 4) is 0 Å². The highest BCUT2D eigenvalue weighted by atomic mass is 79.9. The Morgan fingerprint density at radius 1 is 1.31 bits per heavy atom. The van der Waals surface area contributed by atoms with Gasteiger partial charge in [0.2, 0.25) is 0 Å². The van der Waals surface area contributed by atoms with Gasteiger partial charge >= 0.3 is 0 Å². The number of aliphatic hydroxyl groups is 1. The maximum atomic E-state index is 8.96. The maximum Gasteiger partial charge on any atom is 0.0511 e. The third-order valence-corrected chi connectivity index (χ3v) is 2.37. The molecule has 0 aromatic heterocycles. The number of nitrogens with two attached hydrogens (primary N) is 1. The normalized spacial score (nSPS) is 11.9. The summed E-state index contributed by atoms with van der Waals surface area (Å²) < 4.78 is 1.04. The van der Waals surface area contributed by atoms with E-state index < -0.39 is 0 Å². The van der Waals surface area contributed by atoms with Crippen LogP contribution in [0.3, 0.4) is 0 Å². The van der Waals surface area contributed by atoms with Crippen molar-refractivity contribution in [2.75, 3.05) is 13.2 Å². The summed E-state index contributed by atoms with van der Waals surface area (Å²) in [7, 11) is 0. The highest BCUT2D eigenvalue weighted by molar-refractivity contribution is 9.10. The first-order valence-corrected chi connectivity index (χ1v) is 4.63. The molecule has 2 nitrogen and oxygen atoms in total. The van der Waals surface area contributed by atoms with Crippen LogP contribution in [0.2, 0.25) is 0 Å². The summed E-state index contributed by atoms with van der Waals surface area (Å²) in [4.78, 5) is 0. The van der Waals surface area contributed by atoms with Crippen LogP contribution in [0.5, 0.6) is 0 Å². The lowest BCUT2D eigenvalue weighted by atomic mass is 10.0. The summed E-state index contributed by atoms with van der Waals surface area (Å²) in [5, 5.41) is 8.96. The smallest absolute Gasteiger partial charge is 0.0511 e. The second-order valence-electron chi connectivity index (χ2n) is 2.67. The first-order chi connectivity index (χ1) is 5.77. The van der Waals surface area contributed by atoms with Crippen molar-refractivity contribution >= 4 is 28.3 Å². The lowest BCUT2D eigenvalue weighted by Gasteiger charge is -2.11. The van der Waals surface area contributed by atoms with Crippen molar-refractivity contribution in [1.82, 2.24) is 0 Å². The van der Waals surface area contributed by atoms with E-state index >= 15 is 0 Å². The van der Waals surface area contributed by atoms with Gasteiger partial charge in [-0.3, -0.25) is 0 Å². The summed E-state index contributed by atoms with van der Waals surface area (Å²) >= 11 is 3.34. The highest BCUT2D eigenvalue weighted by Crippen LogP contribution is 2.17. The molecule has 1 atom stereocenters. The van der Waals surface area contributed by atoms with E-state index in [1.807, 2.05) is 24.3 Å². The molecule has 0 radical (unpaired) electrons. The molecule has 74 valence electrons. The van der Waals surface area contributed by atoms with E-state index in [1.54, 1.807) is 0 Å². The van der Waals surface area contributed by atoms with Crippen LogP contribution in [0.4, 0.5) is 0 Å². The van der Waals surface area contributed by atoms with Gasteiger partial charge < -0.3 is 10.8 Å². The minimum absolute atomic E-state index is 0. The van der Waals surface area contributed by atoms with Crippen LogP contribution in [0.1, 0.15) is 11.5 Å². The zero-order chi connectivity index (χ0) is 8.97. The molecule has 4 heteroatoms. The van der Waals surface area contributed by atoms with Crippen molar-refractivity contribution < 1.29 is 5.11 Å². The van der Waals surface area contributed by atoms with Crippen LogP contribution in [0.25, 0.3) is 0 Å². The quantitative estimate of drug-likeness (QED) is 0.878. The lowest BCUT2D eigenvalue weighted by molar-refractivity contribution is 0.268. The van der Waals surface area contributed by atoms with Crippen molar-refractivity contribution in [2.45, 2.75) is 5.92 Å². The molecule has 0 spiro atoms.